The van der Waals surface area contributed by atoms with Gasteiger partial charge in [-0.3, -0.25) is 4.79 Å². The summed E-state index contributed by atoms with van der Waals surface area (Å²) in [6, 6.07) is 6.66. The number of alkyl halides is 2. The van der Waals surface area contributed by atoms with Crippen LogP contribution < -0.4 is 4.90 Å². The van der Waals surface area contributed by atoms with Crippen LogP contribution in [0.25, 0.3) is 0 Å². The van der Waals surface area contributed by atoms with Gasteiger partial charge in [-0.2, -0.15) is 14.0 Å². The lowest BCUT2D eigenvalue weighted by Crippen LogP contribution is -2.40. The molecule has 1 unspecified atom stereocenters. The summed E-state index contributed by atoms with van der Waals surface area (Å²) in [5, 5.41) is 9.30. The molecule has 4 nitrogen and oxygen atoms in total. The maximum absolute atomic E-state index is 13.5. The Morgan fingerprint density at radius 2 is 2.08 bits per heavy atom. The molecule has 0 radical (unpaired) electrons. The third kappa shape index (κ3) is 3.15. The predicted molar refractivity (Wildman–Crippen MR) is 90.2 cm³/mol. The molecule has 2 aliphatic rings. The highest BCUT2D eigenvalue weighted by atomic mass is 19.3. The number of rotatable bonds is 2. The minimum Gasteiger partial charge on any atom is -0.356 e. The van der Waals surface area contributed by atoms with Crippen molar-refractivity contribution >= 4 is 11.6 Å². The Hall–Kier alpha value is -2.29. The minimum absolute atomic E-state index is 0.121. The first-order valence-electron chi connectivity index (χ1n) is 8.34. The number of carbonyl (C=O) groups is 1. The number of anilines is 1. The summed E-state index contributed by atoms with van der Waals surface area (Å²) in [6.45, 7) is 5.79. The Labute approximate surface area is 146 Å². The maximum atomic E-state index is 13.5. The number of pyridine rings is 1. The summed E-state index contributed by atoms with van der Waals surface area (Å²) >= 11 is 0. The van der Waals surface area contributed by atoms with Crippen molar-refractivity contribution in [3.8, 4) is 6.07 Å². The van der Waals surface area contributed by atoms with Crippen LogP contribution in [0.3, 0.4) is 0 Å². The van der Waals surface area contributed by atoms with Crippen LogP contribution >= 0.6 is 0 Å². The third-order valence-corrected chi connectivity index (χ3v) is 5.12. The molecule has 2 heterocycles. The Kier molecular flexibility index (Phi) is 3.94. The number of hydrogen-bond acceptors (Lipinski definition) is 4. The molecule has 0 saturated carbocycles. The van der Waals surface area contributed by atoms with E-state index < -0.39 is 11.3 Å². The van der Waals surface area contributed by atoms with Gasteiger partial charge in [0.25, 0.3) is 5.92 Å². The van der Waals surface area contributed by atoms with Gasteiger partial charge in [-0.1, -0.05) is 26.0 Å². The molecule has 3 rings (SSSR count). The minimum atomic E-state index is -2.99. The molecule has 1 fully saturated rings. The molecule has 25 heavy (non-hydrogen) atoms. The van der Waals surface area contributed by atoms with Crippen LogP contribution in [0.4, 0.5) is 14.6 Å². The Morgan fingerprint density at radius 3 is 2.72 bits per heavy atom. The fourth-order valence-corrected chi connectivity index (χ4v) is 4.03. The number of nitriles is 1. The molecule has 0 bridgehead atoms. The van der Waals surface area contributed by atoms with E-state index in [4.69, 9.17) is 0 Å². The van der Waals surface area contributed by atoms with Gasteiger partial charge in [0.05, 0.1) is 5.57 Å². The van der Waals surface area contributed by atoms with Crippen molar-refractivity contribution in [3.05, 3.63) is 35.5 Å². The number of aromatic nitrogens is 1. The van der Waals surface area contributed by atoms with Crippen molar-refractivity contribution in [1.82, 2.24) is 4.98 Å². The standard InChI is InChI=1S/C19H21F2N3O/c1-17(2)11-19(9-13(10-22)16(17)25)7-8-24(12-19)15-6-4-5-14(23-15)18(3,20)21/h4-6,9H,7-8,11-12H2,1-3H3. The highest BCUT2D eigenvalue weighted by molar-refractivity contribution is 6.03. The highest BCUT2D eigenvalue weighted by Crippen LogP contribution is 2.48. The van der Waals surface area contributed by atoms with Gasteiger partial charge >= 0.3 is 0 Å². The van der Waals surface area contributed by atoms with Gasteiger partial charge in [-0.15, -0.1) is 0 Å². The first kappa shape index (κ1) is 17.5. The van der Waals surface area contributed by atoms with E-state index in [0.717, 1.165) is 13.3 Å². The van der Waals surface area contributed by atoms with E-state index in [0.29, 0.717) is 25.3 Å². The summed E-state index contributed by atoms with van der Waals surface area (Å²) in [7, 11) is 0. The number of Topliss-reactive ketones (excluding diaryl/α,β-unsaturated/α-hetero) is 1. The molecular weight excluding hydrogens is 324 g/mol. The van der Waals surface area contributed by atoms with E-state index in [1.165, 1.54) is 6.07 Å². The third-order valence-electron chi connectivity index (χ3n) is 5.12. The van der Waals surface area contributed by atoms with Gasteiger partial charge in [0.1, 0.15) is 17.6 Å². The lowest BCUT2D eigenvalue weighted by molar-refractivity contribution is -0.125. The maximum Gasteiger partial charge on any atom is 0.287 e. The lowest BCUT2D eigenvalue weighted by Gasteiger charge is -2.38. The quantitative estimate of drug-likeness (QED) is 0.817. The molecule has 1 aromatic rings. The zero-order valence-electron chi connectivity index (χ0n) is 14.6. The second-order valence-electron chi connectivity index (χ2n) is 7.86. The summed E-state index contributed by atoms with van der Waals surface area (Å²) < 4.78 is 27.1. The van der Waals surface area contributed by atoms with Crippen LogP contribution in [0.2, 0.25) is 0 Å². The SMILES string of the molecule is CC1(C)CC2(C=C(C#N)C1=O)CCN(c1cccc(C(C)(F)F)n1)C2. The first-order chi connectivity index (χ1) is 11.6. The van der Waals surface area contributed by atoms with Gasteiger partial charge in [-0.05, 0) is 25.0 Å². The second-order valence-corrected chi connectivity index (χ2v) is 7.86. The van der Waals surface area contributed by atoms with E-state index >= 15 is 0 Å². The van der Waals surface area contributed by atoms with Gasteiger partial charge in [-0.25, -0.2) is 4.98 Å². The van der Waals surface area contributed by atoms with Gasteiger partial charge in [0, 0.05) is 30.8 Å². The molecular formula is C19H21F2N3O. The van der Waals surface area contributed by atoms with Crippen LogP contribution in [-0.2, 0) is 10.7 Å². The summed E-state index contributed by atoms with van der Waals surface area (Å²) in [5.74, 6) is -2.59. The van der Waals surface area contributed by atoms with Crippen LogP contribution in [0.1, 0.15) is 39.3 Å². The van der Waals surface area contributed by atoms with Crippen molar-refractivity contribution in [2.45, 2.75) is 39.5 Å². The molecule has 1 saturated heterocycles. The van der Waals surface area contributed by atoms with E-state index in [1.54, 1.807) is 18.2 Å². The van der Waals surface area contributed by atoms with Crippen LogP contribution in [0, 0.1) is 22.2 Å². The molecule has 0 aromatic carbocycles. The molecule has 0 N–H and O–H groups in total. The molecule has 1 aromatic heterocycles. The number of carbonyl (C=O) groups excluding carboxylic acids is 1. The average Bonchev–Trinajstić information content (AvgIpc) is 2.93. The topological polar surface area (TPSA) is 57.0 Å². The average molecular weight is 345 g/mol. The van der Waals surface area contributed by atoms with Gasteiger partial charge in [0.15, 0.2) is 5.78 Å². The van der Waals surface area contributed by atoms with Crippen molar-refractivity contribution < 1.29 is 13.6 Å². The first-order valence-corrected chi connectivity index (χ1v) is 8.34. The highest BCUT2D eigenvalue weighted by Gasteiger charge is 2.48. The largest absolute Gasteiger partial charge is 0.356 e. The molecule has 1 aliphatic carbocycles. The van der Waals surface area contributed by atoms with Crippen molar-refractivity contribution in [2.24, 2.45) is 10.8 Å². The van der Waals surface area contributed by atoms with Crippen LogP contribution in [-0.4, -0.2) is 23.9 Å². The monoisotopic (exact) mass is 345 g/mol. The van der Waals surface area contributed by atoms with Gasteiger partial charge in [0.2, 0.25) is 0 Å². The molecule has 1 spiro atoms. The summed E-state index contributed by atoms with van der Waals surface area (Å²) in [4.78, 5) is 18.4. The van der Waals surface area contributed by atoms with E-state index in [1.807, 2.05) is 24.8 Å². The fourth-order valence-electron chi connectivity index (χ4n) is 4.03. The molecule has 132 valence electrons. The van der Waals surface area contributed by atoms with E-state index in [9.17, 15) is 18.8 Å². The Morgan fingerprint density at radius 1 is 1.36 bits per heavy atom. The van der Waals surface area contributed by atoms with Crippen molar-refractivity contribution in [3.63, 3.8) is 0 Å². The smallest absolute Gasteiger partial charge is 0.287 e. The summed E-state index contributed by atoms with van der Waals surface area (Å²) in [6.07, 6.45) is 3.20. The number of ketones is 1. The summed E-state index contributed by atoms with van der Waals surface area (Å²) in [5.41, 5.74) is -0.936. The lowest BCUT2D eigenvalue weighted by atomic mass is 9.64. The fraction of sp³-hybridized carbons (Fsp3) is 0.526. The van der Waals surface area contributed by atoms with Crippen molar-refractivity contribution in [1.29, 1.82) is 5.26 Å². The number of allylic oxidation sites excluding steroid dienone is 1. The number of hydrogen-bond donors (Lipinski definition) is 0. The number of halogens is 2. The molecule has 0 amide bonds. The Balaban J connectivity index is 1.91. The Bertz CT molecular complexity index is 789. The molecule has 1 atom stereocenters. The second kappa shape index (κ2) is 5.62. The van der Waals surface area contributed by atoms with Gasteiger partial charge < -0.3 is 4.90 Å². The van der Waals surface area contributed by atoms with E-state index in [2.05, 4.69) is 4.98 Å². The van der Waals surface area contributed by atoms with Crippen LogP contribution in [0.15, 0.2) is 29.8 Å². The predicted octanol–water partition coefficient (Wildman–Crippen LogP) is 3.84. The van der Waals surface area contributed by atoms with Crippen LogP contribution in [0.5, 0.6) is 0 Å². The van der Waals surface area contributed by atoms with E-state index in [-0.39, 0.29) is 22.5 Å². The number of nitrogens with zero attached hydrogens (tertiary/aromatic N) is 3. The van der Waals surface area contributed by atoms with Crippen molar-refractivity contribution in [2.75, 3.05) is 18.0 Å². The zero-order valence-corrected chi connectivity index (χ0v) is 14.6. The normalized spacial score (nSPS) is 25.8. The zero-order chi connectivity index (χ0) is 18.5. The molecule has 1 aliphatic heterocycles. The molecule has 6 heteroatoms.